The molecule has 0 saturated carbocycles. The Balaban J connectivity index is 1.90. The van der Waals surface area contributed by atoms with Crippen LogP contribution in [0.5, 0.6) is 5.75 Å². The Kier molecular flexibility index (Phi) is 7.06. The van der Waals surface area contributed by atoms with Gasteiger partial charge in [-0.2, -0.15) is 5.10 Å². The monoisotopic (exact) mass is 485 g/mol. The molecular formula is C21H19N5O7S. The number of anilines is 2. The number of non-ortho nitro benzene ring substituents is 1. The van der Waals surface area contributed by atoms with Gasteiger partial charge < -0.3 is 4.74 Å². The highest BCUT2D eigenvalue weighted by Gasteiger charge is 2.22. The lowest BCUT2D eigenvalue weighted by molar-refractivity contribution is -0.384. The van der Waals surface area contributed by atoms with Gasteiger partial charge in [0.1, 0.15) is 11.4 Å². The minimum atomic E-state index is -4.17. The molecule has 3 aromatic rings. The van der Waals surface area contributed by atoms with Crippen molar-refractivity contribution in [2.75, 3.05) is 17.3 Å². The van der Waals surface area contributed by atoms with Gasteiger partial charge in [-0.15, -0.1) is 0 Å². The number of ether oxygens (including phenoxy) is 1. The van der Waals surface area contributed by atoms with E-state index in [0.29, 0.717) is 11.3 Å². The number of benzene rings is 3. The van der Waals surface area contributed by atoms with E-state index in [0.717, 1.165) is 6.07 Å². The maximum Gasteiger partial charge on any atom is 0.295 e. The molecule has 3 rings (SSSR count). The number of sulfonamides is 1. The fourth-order valence-corrected chi connectivity index (χ4v) is 4.00. The van der Waals surface area contributed by atoms with Crippen molar-refractivity contribution < 1.29 is 23.0 Å². The number of methoxy groups -OCH3 is 1. The van der Waals surface area contributed by atoms with Gasteiger partial charge in [0.2, 0.25) is 0 Å². The molecule has 0 unspecified atom stereocenters. The molecular weight excluding hydrogens is 466 g/mol. The van der Waals surface area contributed by atoms with Crippen LogP contribution in [0.3, 0.4) is 0 Å². The molecule has 3 aromatic carbocycles. The summed E-state index contributed by atoms with van der Waals surface area (Å²) in [6.45, 7) is 1.56. The average Bonchev–Trinajstić information content (AvgIpc) is 2.82. The van der Waals surface area contributed by atoms with E-state index < -0.39 is 25.6 Å². The van der Waals surface area contributed by atoms with Crippen molar-refractivity contribution in [3.63, 3.8) is 0 Å². The molecule has 0 aliphatic rings. The second-order valence-corrected chi connectivity index (χ2v) is 8.54. The number of para-hydroxylation sites is 2. The van der Waals surface area contributed by atoms with E-state index in [-0.39, 0.29) is 27.7 Å². The Labute approximate surface area is 194 Å². The third-order valence-corrected chi connectivity index (χ3v) is 6.01. The molecule has 0 aromatic heterocycles. The van der Waals surface area contributed by atoms with E-state index in [1.54, 1.807) is 31.2 Å². The fraction of sp³-hybridized carbons (Fsp3) is 0.0952. The molecule has 0 heterocycles. The van der Waals surface area contributed by atoms with Gasteiger partial charge in [-0.3, -0.25) is 30.4 Å². The lowest BCUT2D eigenvalue weighted by atomic mass is 10.1. The molecule has 0 aliphatic heterocycles. The average molecular weight is 485 g/mol. The van der Waals surface area contributed by atoms with Crippen molar-refractivity contribution >= 4 is 38.5 Å². The zero-order valence-electron chi connectivity index (χ0n) is 18.0. The lowest BCUT2D eigenvalue weighted by Crippen LogP contribution is -2.14. The van der Waals surface area contributed by atoms with Gasteiger partial charge in [-0.25, -0.2) is 8.42 Å². The van der Waals surface area contributed by atoms with E-state index in [1.807, 2.05) is 0 Å². The third-order valence-electron chi connectivity index (χ3n) is 4.65. The van der Waals surface area contributed by atoms with Crippen molar-refractivity contribution in [3.05, 3.63) is 92.5 Å². The summed E-state index contributed by atoms with van der Waals surface area (Å²) in [5, 5.41) is 26.6. The van der Waals surface area contributed by atoms with Gasteiger partial charge >= 0.3 is 0 Å². The van der Waals surface area contributed by atoms with Crippen LogP contribution in [0.15, 0.2) is 76.7 Å². The van der Waals surface area contributed by atoms with Crippen molar-refractivity contribution in [1.82, 2.24) is 0 Å². The van der Waals surface area contributed by atoms with Gasteiger partial charge in [0.15, 0.2) is 0 Å². The summed E-state index contributed by atoms with van der Waals surface area (Å²) >= 11 is 0. The summed E-state index contributed by atoms with van der Waals surface area (Å²) < 4.78 is 33.1. The quantitative estimate of drug-likeness (QED) is 0.259. The van der Waals surface area contributed by atoms with Crippen molar-refractivity contribution in [2.24, 2.45) is 5.10 Å². The number of nitro benzene ring substituents is 2. The topological polar surface area (TPSA) is 166 Å². The first-order chi connectivity index (χ1) is 16.1. The molecule has 0 atom stereocenters. The van der Waals surface area contributed by atoms with E-state index in [1.165, 1.54) is 43.5 Å². The van der Waals surface area contributed by atoms with Crippen LogP contribution in [0.1, 0.15) is 12.5 Å². The molecule has 12 nitrogen and oxygen atoms in total. The molecule has 2 N–H and O–H groups in total. The van der Waals surface area contributed by atoms with E-state index >= 15 is 0 Å². The van der Waals surface area contributed by atoms with Crippen LogP contribution in [-0.2, 0) is 10.0 Å². The van der Waals surface area contributed by atoms with Crippen LogP contribution in [0, 0.1) is 20.2 Å². The Morgan fingerprint density at radius 2 is 1.68 bits per heavy atom. The van der Waals surface area contributed by atoms with Gasteiger partial charge in [-0.1, -0.05) is 24.3 Å². The number of nitrogens with zero attached hydrogens (tertiary/aromatic N) is 3. The minimum absolute atomic E-state index is 0.0639. The van der Waals surface area contributed by atoms with Crippen LogP contribution in [0.2, 0.25) is 0 Å². The SMILES string of the molecule is COc1ccccc1NS(=O)(=O)c1ccc(N/N=C(\C)c2cccc([N+](=O)[O-])c2)c([N+](=O)[O-])c1. The summed E-state index contributed by atoms with van der Waals surface area (Å²) in [7, 11) is -2.78. The first-order valence-electron chi connectivity index (χ1n) is 9.62. The molecule has 0 bridgehead atoms. The number of hydrazone groups is 1. The number of nitro groups is 2. The maximum atomic E-state index is 12.8. The molecule has 176 valence electrons. The summed E-state index contributed by atoms with van der Waals surface area (Å²) in [5.74, 6) is 0.282. The Morgan fingerprint density at radius 1 is 0.941 bits per heavy atom. The summed E-state index contributed by atoms with van der Waals surface area (Å²) in [6, 6.07) is 15.4. The van der Waals surface area contributed by atoms with Crippen LogP contribution in [0.25, 0.3) is 0 Å². The van der Waals surface area contributed by atoms with Crippen molar-refractivity contribution in [1.29, 1.82) is 0 Å². The summed E-state index contributed by atoms with van der Waals surface area (Å²) in [4.78, 5) is 20.9. The molecule has 0 spiro atoms. The standard InChI is InChI=1S/C21H19N5O7S/c1-14(15-6-5-7-16(12-15)25(27)28)22-23-18-11-10-17(13-20(18)26(29)30)34(31,32)24-19-8-3-4-9-21(19)33-2/h3-13,23-24H,1-2H3/b22-14+. The highest BCUT2D eigenvalue weighted by atomic mass is 32.2. The Hall–Kier alpha value is -4.52. The molecule has 34 heavy (non-hydrogen) atoms. The van der Waals surface area contributed by atoms with Gasteiger partial charge in [0.05, 0.1) is 33.3 Å². The predicted molar refractivity (Wildman–Crippen MR) is 126 cm³/mol. The zero-order valence-corrected chi connectivity index (χ0v) is 18.8. The van der Waals surface area contributed by atoms with Crippen LogP contribution >= 0.6 is 0 Å². The van der Waals surface area contributed by atoms with Gasteiger partial charge in [0.25, 0.3) is 21.4 Å². The van der Waals surface area contributed by atoms with Gasteiger partial charge in [-0.05, 0) is 31.2 Å². The second kappa shape index (κ2) is 9.95. The predicted octanol–water partition coefficient (Wildman–Crippen LogP) is 4.15. The molecule has 0 amide bonds. The highest BCUT2D eigenvalue weighted by molar-refractivity contribution is 7.92. The molecule has 13 heteroatoms. The van der Waals surface area contributed by atoms with Gasteiger partial charge in [0, 0.05) is 23.8 Å². The Morgan fingerprint density at radius 3 is 2.35 bits per heavy atom. The smallest absolute Gasteiger partial charge is 0.295 e. The van der Waals surface area contributed by atoms with E-state index in [2.05, 4.69) is 15.2 Å². The van der Waals surface area contributed by atoms with Crippen LogP contribution < -0.4 is 14.9 Å². The normalized spacial score (nSPS) is 11.5. The Bertz CT molecular complexity index is 1390. The van der Waals surface area contributed by atoms with Crippen molar-refractivity contribution in [2.45, 2.75) is 11.8 Å². The summed E-state index contributed by atoms with van der Waals surface area (Å²) in [6.07, 6.45) is 0. The van der Waals surface area contributed by atoms with E-state index in [4.69, 9.17) is 4.74 Å². The number of hydrogen-bond acceptors (Lipinski definition) is 9. The molecule has 0 aliphatic carbocycles. The third kappa shape index (κ3) is 5.45. The highest BCUT2D eigenvalue weighted by Crippen LogP contribution is 2.31. The second-order valence-electron chi connectivity index (χ2n) is 6.86. The fourth-order valence-electron chi connectivity index (χ4n) is 2.91. The first-order valence-corrected chi connectivity index (χ1v) is 11.1. The minimum Gasteiger partial charge on any atom is -0.495 e. The number of rotatable bonds is 9. The van der Waals surface area contributed by atoms with Crippen LogP contribution in [-0.4, -0.2) is 31.1 Å². The van der Waals surface area contributed by atoms with Crippen molar-refractivity contribution in [3.8, 4) is 5.75 Å². The van der Waals surface area contributed by atoms with E-state index in [9.17, 15) is 28.6 Å². The molecule has 0 saturated heterocycles. The number of nitrogens with one attached hydrogen (secondary N) is 2. The summed E-state index contributed by atoms with van der Waals surface area (Å²) in [5.41, 5.74) is 2.74. The van der Waals surface area contributed by atoms with Crippen LogP contribution in [0.4, 0.5) is 22.7 Å². The lowest BCUT2D eigenvalue weighted by Gasteiger charge is -2.12. The molecule has 0 radical (unpaired) electrons. The first kappa shape index (κ1) is 24.1. The number of hydrogen-bond donors (Lipinski definition) is 2. The zero-order chi connectivity index (χ0) is 24.9. The maximum absolute atomic E-state index is 12.8. The largest absolute Gasteiger partial charge is 0.495 e. The molecule has 0 fully saturated rings.